The van der Waals surface area contributed by atoms with Gasteiger partial charge in [-0.15, -0.1) is 0 Å². The largest absolute Gasteiger partial charge is 0.393 e. The molecular formula is C29H48O2. The van der Waals surface area contributed by atoms with Crippen LogP contribution in [0.1, 0.15) is 99.3 Å². The molecule has 0 heterocycles. The van der Waals surface area contributed by atoms with Crippen molar-refractivity contribution in [2.75, 3.05) is 0 Å². The summed E-state index contributed by atoms with van der Waals surface area (Å²) < 4.78 is 0. The third-order valence-corrected chi connectivity index (χ3v) is 11.1. The number of carbonyl (C=O) groups excluding carboxylic acids is 1. The van der Waals surface area contributed by atoms with Gasteiger partial charge in [0, 0.05) is 12.3 Å². The molecular weight excluding hydrogens is 380 g/mol. The Balaban J connectivity index is 1.54. The summed E-state index contributed by atoms with van der Waals surface area (Å²) in [5, 5.41) is 10.3. The van der Waals surface area contributed by atoms with Gasteiger partial charge in [-0.3, -0.25) is 4.79 Å². The molecule has 2 heteroatoms. The normalized spacial score (nSPS) is 47.2. The number of hydrogen-bond acceptors (Lipinski definition) is 2. The number of carbonyl (C=O) groups is 1. The fourth-order valence-corrected chi connectivity index (χ4v) is 9.10. The lowest BCUT2D eigenvalue weighted by atomic mass is 9.44. The molecule has 176 valence electrons. The Labute approximate surface area is 191 Å². The summed E-state index contributed by atoms with van der Waals surface area (Å²) in [5.74, 6) is 5.09. The number of aliphatic hydroxyl groups excluding tert-OH is 1. The third-order valence-electron chi connectivity index (χ3n) is 11.1. The summed E-state index contributed by atoms with van der Waals surface area (Å²) in [7, 11) is 0. The molecule has 0 aliphatic heterocycles. The maximum atomic E-state index is 13.5. The van der Waals surface area contributed by atoms with E-state index in [1.54, 1.807) is 0 Å². The maximum absolute atomic E-state index is 13.5. The van der Waals surface area contributed by atoms with Crippen molar-refractivity contribution in [1.29, 1.82) is 0 Å². The van der Waals surface area contributed by atoms with E-state index in [9.17, 15) is 9.90 Å². The van der Waals surface area contributed by atoms with Crippen LogP contribution in [0.15, 0.2) is 12.2 Å². The molecule has 10 atom stereocenters. The van der Waals surface area contributed by atoms with Gasteiger partial charge in [-0.1, -0.05) is 53.7 Å². The minimum atomic E-state index is -0.183. The number of fused-ring (bicyclic) bond motifs is 5. The minimum Gasteiger partial charge on any atom is -0.393 e. The van der Waals surface area contributed by atoms with Crippen molar-refractivity contribution in [2.45, 2.75) is 105 Å². The van der Waals surface area contributed by atoms with Gasteiger partial charge in [-0.05, 0) is 104 Å². The molecule has 0 radical (unpaired) electrons. The third kappa shape index (κ3) is 3.87. The molecule has 4 saturated carbocycles. The van der Waals surface area contributed by atoms with Gasteiger partial charge in [-0.25, -0.2) is 0 Å². The van der Waals surface area contributed by atoms with Gasteiger partial charge in [0.2, 0.25) is 0 Å². The SMILES string of the molecule is CCC(/C=C/C(C)C1CCC2C3C(=O)C[C@H]4CC(O)CCC4(C)C3CCC12C)C(C)C. The molecule has 4 fully saturated rings. The Morgan fingerprint density at radius 1 is 1.00 bits per heavy atom. The van der Waals surface area contributed by atoms with E-state index in [0.717, 1.165) is 25.7 Å². The molecule has 1 N–H and O–H groups in total. The van der Waals surface area contributed by atoms with Crippen LogP contribution < -0.4 is 0 Å². The van der Waals surface area contributed by atoms with E-state index < -0.39 is 0 Å². The maximum Gasteiger partial charge on any atom is 0.136 e. The van der Waals surface area contributed by atoms with E-state index in [-0.39, 0.29) is 17.4 Å². The zero-order chi connectivity index (χ0) is 22.6. The van der Waals surface area contributed by atoms with Gasteiger partial charge in [0.25, 0.3) is 0 Å². The highest BCUT2D eigenvalue weighted by molar-refractivity contribution is 5.83. The molecule has 4 rings (SSSR count). The highest BCUT2D eigenvalue weighted by atomic mass is 16.3. The number of hydrogen-bond donors (Lipinski definition) is 1. The van der Waals surface area contributed by atoms with E-state index in [1.165, 1.54) is 32.1 Å². The van der Waals surface area contributed by atoms with Gasteiger partial charge in [0.1, 0.15) is 5.78 Å². The fraction of sp³-hybridized carbons (Fsp3) is 0.897. The molecule has 0 saturated heterocycles. The van der Waals surface area contributed by atoms with Crippen molar-refractivity contribution in [3.8, 4) is 0 Å². The van der Waals surface area contributed by atoms with Gasteiger partial charge < -0.3 is 5.11 Å². The lowest BCUT2D eigenvalue weighted by molar-refractivity contribution is -0.160. The van der Waals surface area contributed by atoms with Gasteiger partial charge in [0.05, 0.1) is 6.10 Å². The van der Waals surface area contributed by atoms with Gasteiger partial charge in [0.15, 0.2) is 0 Å². The molecule has 2 nitrogen and oxygen atoms in total. The second-order valence-electron chi connectivity index (χ2n) is 12.8. The zero-order valence-electron chi connectivity index (χ0n) is 21.1. The smallest absolute Gasteiger partial charge is 0.136 e. The summed E-state index contributed by atoms with van der Waals surface area (Å²) >= 11 is 0. The van der Waals surface area contributed by atoms with Crippen molar-refractivity contribution >= 4 is 5.78 Å². The average molecular weight is 429 g/mol. The fourth-order valence-electron chi connectivity index (χ4n) is 9.10. The molecule has 4 aliphatic carbocycles. The van der Waals surface area contributed by atoms with Gasteiger partial charge >= 0.3 is 0 Å². The van der Waals surface area contributed by atoms with Crippen LogP contribution in [-0.2, 0) is 4.79 Å². The van der Waals surface area contributed by atoms with Crippen LogP contribution in [0.5, 0.6) is 0 Å². The molecule has 0 aromatic heterocycles. The zero-order valence-corrected chi connectivity index (χ0v) is 21.1. The predicted molar refractivity (Wildman–Crippen MR) is 129 cm³/mol. The standard InChI is InChI=1S/C29H48O2/c1-7-20(18(2)3)9-8-19(4)23-10-11-24-27-25(13-15-29(23,24)6)28(5)14-12-22(30)16-21(28)17-26(27)31/h8-9,18-25,27,30H,7,10-17H2,1-6H3/b9-8+/t19?,20?,21-,22?,23?,24?,25?,27?,28?,29?/m1/s1. The summed E-state index contributed by atoms with van der Waals surface area (Å²) in [5.41, 5.74) is 0.589. The van der Waals surface area contributed by atoms with E-state index in [4.69, 9.17) is 0 Å². The van der Waals surface area contributed by atoms with Crippen molar-refractivity contribution < 1.29 is 9.90 Å². The Morgan fingerprint density at radius 3 is 2.35 bits per heavy atom. The number of rotatable bonds is 5. The summed E-state index contributed by atoms with van der Waals surface area (Å²) in [6, 6.07) is 0. The van der Waals surface area contributed by atoms with E-state index in [2.05, 4.69) is 53.7 Å². The van der Waals surface area contributed by atoms with Crippen LogP contribution >= 0.6 is 0 Å². The molecule has 4 aliphatic rings. The Morgan fingerprint density at radius 2 is 1.68 bits per heavy atom. The molecule has 0 bridgehead atoms. The quantitative estimate of drug-likeness (QED) is 0.476. The highest BCUT2D eigenvalue weighted by Crippen LogP contribution is 2.67. The van der Waals surface area contributed by atoms with Crippen LogP contribution in [0.4, 0.5) is 0 Å². The van der Waals surface area contributed by atoms with Crippen molar-refractivity contribution in [2.24, 2.45) is 58.2 Å². The first-order valence-corrected chi connectivity index (χ1v) is 13.5. The first-order chi connectivity index (χ1) is 14.6. The summed E-state index contributed by atoms with van der Waals surface area (Å²) in [4.78, 5) is 13.5. The molecule has 31 heavy (non-hydrogen) atoms. The van der Waals surface area contributed by atoms with Crippen LogP contribution in [0.3, 0.4) is 0 Å². The topological polar surface area (TPSA) is 37.3 Å². The molecule has 0 aromatic rings. The van der Waals surface area contributed by atoms with Crippen molar-refractivity contribution in [3.63, 3.8) is 0 Å². The minimum absolute atomic E-state index is 0.183. The molecule has 0 amide bonds. The lowest BCUT2D eigenvalue weighted by Crippen LogP contribution is -2.57. The van der Waals surface area contributed by atoms with Crippen molar-refractivity contribution in [1.82, 2.24) is 0 Å². The van der Waals surface area contributed by atoms with E-state index in [1.807, 2.05) is 0 Å². The molecule has 0 spiro atoms. The van der Waals surface area contributed by atoms with Crippen molar-refractivity contribution in [3.05, 3.63) is 12.2 Å². The monoisotopic (exact) mass is 428 g/mol. The second-order valence-corrected chi connectivity index (χ2v) is 12.8. The molecule has 9 unspecified atom stereocenters. The van der Waals surface area contributed by atoms with E-state index in [0.29, 0.717) is 52.6 Å². The number of ketones is 1. The summed E-state index contributed by atoms with van der Waals surface area (Å²) in [6.07, 6.45) is 14.8. The predicted octanol–water partition coefficient (Wildman–Crippen LogP) is 7.06. The Bertz CT molecular complexity index is 695. The Hall–Kier alpha value is -0.630. The highest BCUT2D eigenvalue weighted by Gasteiger charge is 2.62. The van der Waals surface area contributed by atoms with E-state index >= 15 is 0 Å². The first kappa shape index (κ1) is 23.5. The molecule has 0 aromatic carbocycles. The van der Waals surface area contributed by atoms with Gasteiger partial charge in [-0.2, -0.15) is 0 Å². The number of allylic oxidation sites excluding steroid dienone is 2. The average Bonchev–Trinajstić information content (AvgIpc) is 3.06. The van der Waals surface area contributed by atoms with Crippen LogP contribution in [-0.4, -0.2) is 17.0 Å². The van der Waals surface area contributed by atoms with Crippen LogP contribution in [0, 0.1) is 58.2 Å². The number of aliphatic hydroxyl groups is 1. The lowest BCUT2D eigenvalue weighted by Gasteiger charge is -2.60. The number of Topliss-reactive ketones (excluding diaryl/α,β-unsaturated/α-hetero) is 1. The first-order valence-electron chi connectivity index (χ1n) is 13.5. The Kier molecular flexibility index (Phi) is 6.54. The second kappa shape index (κ2) is 8.62. The van der Waals surface area contributed by atoms with Crippen LogP contribution in [0.2, 0.25) is 0 Å². The van der Waals surface area contributed by atoms with Crippen LogP contribution in [0.25, 0.3) is 0 Å². The summed E-state index contributed by atoms with van der Waals surface area (Å²) in [6.45, 7) is 14.4.